The van der Waals surface area contributed by atoms with Gasteiger partial charge in [-0.3, -0.25) is 0 Å². The van der Waals surface area contributed by atoms with Crippen molar-refractivity contribution in [3.8, 4) is 0 Å². The van der Waals surface area contributed by atoms with E-state index in [1.165, 1.54) is 50.2 Å². The zero-order chi connectivity index (χ0) is 25.7. The lowest BCUT2D eigenvalue weighted by molar-refractivity contribution is -0.433. The highest BCUT2D eigenvalue weighted by Crippen LogP contribution is 2.50. The van der Waals surface area contributed by atoms with Gasteiger partial charge in [0, 0.05) is 41.1 Å². The first-order valence-corrected chi connectivity index (χ1v) is 13.3. The summed E-state index contributed by atoms with van der Waals surface area (Å²) in [7, 11) is 0. The lowest BCUT2D eigenvalue weighted by atomic mass is 9.77. The minimum Gasteiger partial charge on any atom is -0.344 e. The molecule has 0 bridgehead atoms. The van der Waals surface area contributed by atoms with E-state index in [2.05, 4.69) is 136 Å². The number of hydrogen-bond acceptors (Lipinski definition) is 1. The molecule has 0 spiro atoms. The Balaban J connectivity index is 1.61. The predicted molar refractivity (Wildman–Crippen MR) is 156 cm³/mol. The van der Waals surface area contributed by atoms with Gasteiger partial charge in [-0.15, -0.1) is 6.58 Å². The van der Waals surface area contributed by atoms with Crippen LogP contribution in [0.4, 0.5) is 11.4 Å². The van der Waals surface area contributed by atoms with Gasteiger partial charge in [-0.25, -0.2) is 0 Å². The molecule has 3 aromatic carbocycles. The summed E-state index contributed by atoms with van der Waals surface area (Å²) in [6.45, 7) is 19.8. The molecule has 184 valence electrons. The lowest BCUT2D eigenvalue weighted by Gasteiger charge is -2.28. The Labute approximate surface area is 217 Å². The van der Waals surface area contributed by atoms with Gasteiger partial charge >= 0.3 is 0 Å². The Morgan fingerprint density at radius 1 is 1.00 bits per heavy atom. The molecule has 0 aliphatic carbocycles. The van der Waals surface area contributed by atoms with Gasteiger partial charge in [0.05, 0.1) is 5.41 Å². The number of nitrogens with zero attached hydrogens (tertiary/aromatic N) is 2. The lowest BCUT2D eigenvalue weighted by Crippen LogP contribution is -2.28. The average molecular weight is 476 g/mol. The number of benzene rings is 3. The minimum absolute atomic E-state index is 0.0776. The van der Waals surface area contributed by atoms with Crippen molar-refractivity contribution >= 4 is 27.9 Å². The number of aryl methyl sites for hydroxylation is 1. The third-order valence-corrected chi connectivity index (χ3v) is 8.34. The highest BCUT2D eigenvalue weighted by atomic mass is 15.2. The molecule has 2 heteroatoms. The van der Waals surface area contributed by atoms with Crippen LogP contribution >= 0.6 is 0 Å². The Kier molecular flexibility index (Phi) is 6.03. The van der Waals surface area contributed by atoms with Gasteiger partial charge in [0.15, 0.2) is 5.71 Å². The van der Waals surface area contributed by atoms with E-state index in [0.29, 0.717) is 0 Å². The fourth-order valence-corrected chi connectivity index (χ4v) is 6.62. The summed E-state index contributed by atoms with van der Waals surface area (Å²) < 4.78 is 2.49. The maximum Gasteiger partial charge on any atom is 0.210 e. The number of anilines is 1. The van der Waals surface area contributed by atoms with E-state index < -0.39 is 0 Å². The number of likely N-dealkylation sites (N-methyl/N-ethyl adjacent to an activating group) is 1. The van der Waals surface area contributed by atoms with Crippen LogP contribution in [0.3, 0.4) is 0 Å². The van der Waals surface area contributed by atoms with E-state index >= 15 is 0 Å². The Hall–Kier alpha value is -3.39. The molecule has 0 amide bonds. The summed E-state index contributed by atoms with van der Waals surface area (Å²) in [5.74, 6) is 0. The summed E-state index contributed by atoms with van der Waals surface area (Å²) in [5.41, 5.74) is 9.37. The Morgan fingerprint density at radius 2 is 1.78 bits per heavy atom. The van der Waals surface area contributed by atoms with Crippen LogP contribution in [0.25, 0.3) is 10.8 Å². The van der Waals surface area contributed by atoms with E-state index in [-0.39, 0.29) is 10.8 Å². The van der Waals surface area contributed by atoms with E-state index in [1.807, 2.05) is 0 Å². The van der Waals surface area contributed by atoms with Crippen LogP contribution in [0, 0.1) is 6.92 Å². The molecule has 0 fully saturated rings. The maximum atomic E-state index is 4.11. The minimum atomic E-state index is -0.0804. The second kappa shape index (κ2) is 8.92. The highest BCUT2D eigenvalue weighted by Gasteiger charge is 2.45. The summed E-state index contributed by atoms with van der Waals surface area (Å²) >= 11 is 0. The van der Waals surface area contributed by atoms with Gasteiger partial charge in [-0.2, -0.15) is 4.58 Å². The molecule has 2 nitrogen and oxygen atoms in total. The van der Waals surface area contributed by atoms with E-state index in [4.69, 9.17) is 0 Å². The molecule has 3 aromatic rings. The predicted octanol–water partition coefficient (Wildman–Crippen LogP) is 8.36. The van der Waals surface area contributed by atoms with Crippen molar-refractivity contribution < 1.29 is 4.58 Å². The van der Waals surface area contributed by atoms with Gasteiger partial charge in [0.1, 0.15) is 6.54 Å². The summed E-state index contributed by atoms with van der Waals surface area (Å²) in [4.78, 5) is 2.48. The van der Waals surface area contributed by atoms with Crippen LogP contribution in [0.2, 0.25) is 0 Å². The van der Waals surface area contributed by atoms with Crippen LogP contribution in [0.5, 0.6) is 0 Å². The molecular formula is C34H39N2+. The molecule has 0 N–H and O–H groups in total. The third kappa shape index (κ3) is 3.50. The van der Waals surface area contributed by atoms with E-state index in [0.717, 1.165) is 19.5 Å². The van der Waals surface area contributed by atoms with Crippen molar-refractivity contribution in [3.63, 3.8) is 0 Å². The van der Waals surface area contributed by atoms with Crippen LogP contribution in [0.15, 0.2) is 91.2 Å². The molecule has 2 heterocycles. The zero-order valence-corrected chi connectivity index (χ0v) is 22.7. The largest absolute Gasteiger partial charge is 0.344 e. The quantitative estimate of drug-likeness (QED) is 0.256. The molecule has 0 radical (unpaired) electrons. The molecule has 0 saturated heterocycles. The SMILES string of the molecule is C=CCC1(C)/C(=C\C=C\C2=[N+](CC)c3ccc4ccccc4c3C2(C)C)N(CC)c2ccc(C)cc21. The van der Waals surface area contributed by atoms with E-state index in [9.17, 15) is 0 Å². The first-order valence-electron chi connectivity index (χ1n) is 13.3. The topological polar surface area (TPSA) is 6.25 Å². The van der Waals surface area contributed by atoms with Crippen molar-refractivity contribution in [1.82, 2.24) is 0 Å². The molecule has 5 rings (SSSR count). The van der Waals surface area contributed by atoms with Gasteiger partial charge in [-0.05, 0) is 82.5 Å². The number of hydrogen-bond donors (Lipinski definition) is 0. The molecule has 1 atom stereocenters. The number of fused-ring (bicyclic) bond motifs is 4. The highest BCUT2D eigenvalue weighted by molar-refractivity contribution is 6.07. The van der Waals surface area contributed by atoms with Gasteiger partial charge in [0.2, 0.25) is 5.69 Å². The van der Waals surface area contributed by atoms with E-state index in [1.54, 1.807) is 0 Å². The van der Waals surface area contributed by atoms with Crippen LogP contribution in [-0.4, -0.2) is 23.4 Å². The molecule has 0 aromatic heterocycles. The first kappa shape index (κ1) is 24.3. The second-order valence-corrected chi connectivity index (χ2v) is 10.9. The first-order chi connectivity index (χ1) is 17.3. The summed E-state index contributed by atoms with van der Waals surface area (Å²) in [6.07, 6.45) is 9.96. The molecule has 1 unspecified atom stereocenters. The average Bonchev–Trinajstić information content (AvgIpc) is 3.23. The summed E-state index contributed by atoms with van der Waals surface area (Å²) in [6, 6.07) is 20.2. The number of allylic oxidation sites excluding steroid dienone is 5. The van der Waals surface area contributed by atoms with Crippen LogP contribution < -0.4 is 4.90 Å². The van der Waals surface area contributed by atoms with Crippen molar-refractivity contribution in [2.75, 3.05) is 18.0 Å². The van der Waals surface area contributed by atoms with Crippen molar-refractivity contribution in [2.45, 2.75) is 58.8 Å². The molecule has 2 aliphatic heterocycles. The maximum absolute atomic E-state index is 4.11. The smallest absolute Gasteiger partial charge is 0.210 e. The molecule has 2 aliphatic rings. The van der Waals surface area contributed by atoms with Crippen molar-refractivity contribution in [1.29, 1.82) is 0 Å². The standard InChI is InChI=1S/C34H39N2/c1-8-22-34(7)27-23-24(4)18-20-28(27)35(9-2)31(34)17-13-16-30-33(5,6)32-26-15-12-11-14-25(26)19-21-29(32)36(30)10-3/h8,11-21,23H,1,9-10,22H2,2-7H3/q+1. The summed E-state index contributed by atoms with van der Waals surface area (Å²) in [5, 5.41) is 2.67. The fourth-order valence-electron chi connectivity index (χ4n) is 6.62. The number of rotatable bonds is 6. The Morgan fingerprint density at radius 3 is 2.50 bits per heavy atom. The van der Waals surface area contributed by atoms with Crippen molar-refractivity contribution in [2.24, 2.45) is 0 Å². The van der Waals surface area contributed by atoms with Gasteiger partial charge in [-0.1, -0.05) is 54.1 Å². The normalized spacial score (nSPS) is 21.6. The Bertz CT molecular complexity index is 1450. The second-order valence-electron chi connectivity index (χ2n) is 10.9. The zero-order valence-electron chi connectivity index (χ0n) is 22.7. The van der Waals surface area contributed by atoms with Crippen LogP contribution in [-0.2, 0) is 10.8 Å². The van der Waals surface area contributed by atoms with Gasteiger partial charge < -0.3 is 4.90 Å². The monoisotopic (exact) mass is 475 g/mol. The molecule has 0 saturated carbocycles. The fraction of sp³-hybridized carbons (Fsp3) is 0.324. The van der Waals surface area contributed by atoms with Gasteiger partial charge in [0.25, 0.3) is 0 Å². The molecular weight excluding hydrogens is 436 g/mol. The van der Waals surface area contributed by atoms with Crippen LogP contribution in [0.1, 0.15) is 57.7 Å². The third-order valence-electron chi connectivity index (χ3n) is 8.34. The van der Waals surface area contributed by atoms with Crippen molar-refractivity contribution in [3.05, 3.63) is 108 Å². The molecule has 36 heavy (non-hydrogen) atoms.